The van der Waals surface area contributed by atoms with Gasteiger partial charge in [-0.3, -0.25) is 0 Å². The minimum absolute atomic E-state index is 0.105. The van der Waals surface area contributed by atoms with Gasteiger partial charge >= 0.3 is 0 Å². The van der Waals surface area contributed by atoms with Crippen molar-refractivity contribution in [3.8, 4) is 0 Å². The van der Waals surface area contributed by atoms with E-state index in [2.05, 4.69) is 33.7 Å². The monoisotopic (exact) mass is 246 g/mol. The summed E-state index contributed by atoms with van der Waals surface area (Å²) in [7, 11) is 0. The number of hydrogen-bond acceptors (Lipinski definition) is 4. The van der Waals surface area contributed by atoms with Crippen molar-refractivity contribution in [1.82, 2.24) is 15.0 Å². The quantitative estimate of drug-likeness (QED) is 0.801. The number of rotatable bonds is 1. The van der Waals surface area contributed by atoms with E-state index >= 15 is 0 Å². The summed E-state index contributed by atoms with van der Waals surface area (Å²) in [4.78, 5) is 14.0. The third kappa shape index (κ3) is 1.75. The molecule has 0 spiro atoms. The van der Waals surface area contributed by atoms with Crippen LogP contribution in [0.1, 0.15) is 20.3 Å². The Morgan fingerprint density at radius 1 is 1.44 bits per heavy atom. The van der Waals surface area contributed by atoms with Gasteiger partial charge in [-0.25, -0.2) is 9.97 Å². The molecule has 2 aromatic heterocycles. The Kier molecular flexibility index (Phi) is 2.52. The molecule has 1 aliphatic heterocycles. The molecule has 0 aliphatic carbocycles. The molecule has 0 amide bonds. The summed E-state index contributed by atoms with van der Waals surface area (Å²) in [6, 6.07) is 2.00. The molecular weight excluding hydrogens is 228 g/mol. The standard InChI is InChI=1S/C13H18N4O/c1-13(2)7-17(6-4-10(13)18)12-9-3-5-14-11(9)15-8-16-12/h3,5,8,10,18H,4,6-7H2,1-2H3,(H,14,15,16). The number of aliphatic hydroxyl groups excluding tert-OH is 1. The van der Waals surface area contributed by atoms with Crippen LogP contribution in [0.4, 0.5) is 5.82 Å². The lowest BCUT2D eigenvalue weighted by atomic mass is 9.81. The second kappa shape index (κ2) is 3.95. The van der Waals surface area contributed by atoms with Crippen LogP contribution in [0.3, 0.4) is 0 Å². The topological polar surface area (TPSA) is 65.0 Å². The Hall–Kier alpha value is -1.62. The lowest BCUT2D eigenvalue weighted by Crippen LogP contribution is -2.49. The predicted molar refractivity (Wildman–Crippen MR) is 70.5 cm³/mol. The minimum atomic E-state index is -0.239. The Balaban J connectivity index is 1.98. The van der Waals surface area contributed by atoms with E-state index in [1.165, 1.54) is 0 Å². The van der Waals surface area contributed by atoms with Gasteiger partial charge in [-0.05, 0) is 12.5 Å². The van der Waals surface area contributed by atoms with E-state index in [1.54, 1.807) is 6.33 Å². The fraction of sp³-hybridized carbons (Fsp3) is 0.538. The second-order valence-electron chi connectivity index (χ2n) is 5.65. The van der Waals surface area contributed by atoms with E-state index in [9.17, 15) is 5.11 Å². The summed E-state index contributed by atoms with van der Waals surface area (Å²) in [5, 5.41) is 11.1. The molecular formula is C13H18N4O. The molecule has 18 heavy (non-hydrogen) atoms. The molecule has 1 saturated heterocycles. The van der Waals surface area contributed by atoms with Crippen LogP contribution in [0.15, 0.2) is 18.6 Å². The molecule has 3 heterocycles. The zero-order valence-electron chi connectivity index (χ0n) is 10.7. The van der Waals surface area contributed by atoms with Crippen LogP contribution in [0.25, 0.3) is 11.0 Å². The first kappa shape index (κ1) is 11.5. The van der Waals surface area contributed by atoms with Crippen molar-refractivity contribution < 1.29 is 5.11 Å². The average Bonchev–Trinajstić information content (AvgIpc) is 2.80. The highest BCUT2D eigenvalue weighted by Gasteiger charge is 2.35. The van der Waals surface area contributed by atoms with Crippen molar-refractivity contribution in [3.05, 3.63) is 18.6 Å². The number of aliphatic hydroxyl groups is 1. The van der Waals surface area contributed by atoms with Crippen molar-refractivity contribution in [2.24, 2.45) is 5.41 Å². The zero-order chi connectivity index (χ0) is 12.8. The first-order chi connectivity index (χ1) is 8.58. The van der Waals surface area contributed by atoms with E-state index in [0.717, 1.165) is 36.4 Å². The molecule has 0 saturated carbocycles. The maximum absolute atomic E-state index is 10.0. The highest BCUT2D eigenvalue weighted by Crippen LogP contribution is 2.33. The lowest BCUT2D eigenvalue weighted by molar-refractivity contribution is 0.0335. The Bertz CT molecular complexity index is 563. The van der Waals surface area contributed by atoms with Crippen LogP contribution in [-0.4, -0.2) is 39.3 Å². The largest absolute Gasteiger partial charge is 0.392 e. The van der Waals surface area contributed by atoms with Crippen molar-refractivity contribution in [2.75, 3.05) is 18.0 Å². The van der Waals surface area contributed by atoms with Crippen LogP contribution in [-0.2, 0) is 0 Å². The molecule has 2 aromatic rings. The Morgan fingerprint density at radius 2 is 2.28 bits per heavy atom. The molecule has 5 nitrogen and oxygen atoms in total. The van der Waals surface area contributed by atoms with Crippen molar-refractivity contribution in [1.29, 1.82) is 0 Å². The van der Waals surface area contributed by atoms with Crippen LogP contribution in [0, 0.1) is 5.41 Å². The van der Waals surface area contributed by atoms with E-state index in [0.29, 0.717) is 0 Å². The number of aromatic nitrogens is 3. The number of piperidine rings is 1. The number of fused-ring (bicyclic) bond motifs is 1. The van der Waals surface area contributed by atoms with E-state index in [1.807, 2.05) is 12.3 Å². The van der Waals surface area contributed by atoms with Gasteiger partial charge < -0.3 is 15.0 Å². The summed E-state index contributed by atoms with van der Waals surface area (Å²) in [5.74, 6) is 0.959. The smallest absolute Gasteiger partial charge is 0.142 e. The molecule has 2 N–H and O–H groups in total. The number of nitrogens with zero attached hydrogens (tertiary/aromatic N) is 3. The Morgan fingerprint density at radius 3 is 3.06 bits per heavy atom. The van der Waals surface area contributed by atoms with Gasteiger partial charge in [0.25, 0.3) is 0 Å². The number of nitrogens with one attached hydrogen (secondary N) is 1. The van der Waals surface area contributed by atoms with Gasteiger partial charge in [0.15, 0.2) is 0 Å². The lowest BCUT2D eigenvalue weighted by Gasteiger charge is -2.42. The normalized spacial score (nSPS) is 23.5. The van der Waals surface area contributed by atoms with E-state index in [-0.39, 0.29) is 11.5 Å². The number of aromatic amines is 1. The molecule has 0 radical (unpaired) electrons. The van der Waals surface area contributed by atoms with Gasteiger partial charge in [-0.2, -0.15) is 0 Å². The Labute approximate surface area is 106 Å². The van der Waals surface area contributed by atoms with Gasteiger partial charge in [0.2, 0.25) is 0 Å². The van der Waals surface area contributed by atoms with Gasteiger partial charge in [0.05, 0.1) is 11.5 Å². The van der Waals surface area contributed by atoms with Crippen molar-refractivity contribution >= 4 is 16.9 Å². The van der Waals surface area contributed by atoms with Crippen molar-refractivity contribution in [2.45, 2.75) is 26.4 Å². The molecule has 0 bridgehead atoms. The van der Waals surface area contributed by atoms with Crippen LogP contribution in [0.5, 0.6) is 0 Å². The first-order valence-corrected chi connectivity index (χ1v) is 6.29. The maximum Gasteiger partial charge on any atom is 0.142 e. The summed E-state index contributed by atoms with van der Waals surface area (Å²) < 4.78 is 0. The average molecular weight is 246 g/mol. The summed E-state index contributed by atoms with van der Waals surface area (Å²) in [5.41, 5.74) is 0.759. The third-order valence-corrected chi connectivity index (χ3v) is 3.81. The van der Waals surface area contributed by atoms with Gasteiger partial charge in [0.1, 0.15) is 17.8 Å². The van der Waals surface area contributed by atoms with E-state index in [4.69, 9.17) is 0 Å². The van der Waals surface area contributed by atoms with Gasteiger partial charge in [-0.15, -0.1) is 0 Å². The highest BCUT2D eigenvalue weighted by atomic mass is 16.3. The molecule has 1 fully saturated rings. The zero-order valence-corrected chi connectivity index (χ0v) is 10.7. The second-order valence-corrected chi connectivity index (χ2v) is 5.65. The predicted octanol–water partition coefficient (Wildman–Crippen LogP) is 1.56. The molecule has 1 aliphatic rings. The fourth-order valence-electron chi connectivity index (χ4n) is 2.64. The molecule has 1 unspecified atom stereocenters. The van der Waals surface area contributed by atoms with Crippen LogP contribution < -0.4 is 4.90 Å². The molecule has 1 atom stereocenters. The third-order valence-electron chi connectivity index (χ3n) is 3.81. The molecule has 96 valence electrons. The number of hydrogen-bond donors (Lipinski definition) is 2. The number of H-pyrrole nitrogens is 1. The SMILES string of the molecule is CC1(C)CN(c2ncnc3[nH]ccc23)CCC1O. The van der Waals surface area contributed by atoms with Gasteiger partial charge in [0, 0.05) is 24.7 Å². The van der Waals surface area contributed by atoms with Crippen LogP contribution >= 0.6 is 0 Å². The molecule has 5 heteroatoms. The maximum atomic E-state index is 10.0. The fourth-order valence-corrected chi connectivity index (χ4v) is 2.64. The summed E-state index contributed by atoms with van der Waals surface area (Å²) in [6.07, 6.45) is 4.01. The van der Waals surface area contributed by atoms with Crippen LogP contribution in [0.2, 0.25) is 0 Å². The first-order valence-electron chi connectivity index (χ1n) is 6.29. The molecule has 3 rings (SSSR count). The van der Waals surface area contributed by atoms with Crippen molar-refractivity contribution in [3.63, 3.8) is 0 Å². The summed E-state index contributed by atoms with van der Waals surface area (Å²) in [6.45, 7) is 5.84. The highest BCUT2D eigenvalue weighted by molar-refractivity contribution is 5.87. The minimum Gasteiger partial charge on any atom is -0.392 e. The van der Waals surface area contributed by atoms with Gasteiger partial charge in [-0.1, -0.05) is 13.8 Å². The molecule has 0 aromatic carbocycles. The number of anilines is 1. The summed E-state index contributed by atoms with van der Waals surface area (Å²) >= 11 is 0. The van der Waals surface area contributed by atoms with E-state index < -0.39 is 0 Å².